The number of terminal acetylenes is 1. The predicted octanol–water partition coefficient (Wildman–Crippen LogP) is 1.70. The second-order valence-electron chi connectivity index (χ2n) is 3.92. The maximum Gasteiger partial charge on any atom is 0.230 e. The normalized spacial score (nSPS) is 20.7. The minimum Gasteiger partial charge on any atom is -0.464 e. The highest BCUT2D eigenvalue weighted by molar-refractivity contribution is 7.06. The maximum absolute atomic E-state index is 5.43. The Bertz CT molecular complexity index is 394. The van der Waals surface area contributed by atoms with Gasteiger partial charge in [-0.2, -0.15) is 4.37 Å². The monoisotopic (exact) mass is 222 g/mol. The van der Waals surface area contributed by atoms with Crippen LogP contribution in [0.4, 0.5) is 0 Å². The van der Waals surface area contributed by atoms with Gasteiger partial charge in [-0.25, -0.2) is 0 Å². The lowest BCUT2D eigenvalue weighted by Crippen LogP contribution is -2.28. The standard InChI is InChI=1S/C11H14N2OS/c1-4-5-14-11-9-7-13(3)6-8(2)10(9)15-12-11/h1,8H,5-7H2,2-3H3/t8-/m0/s1. The largest absolute Gasteiger partial charge is 0.464 e. The van der Waals surface area contributed by atoms with Crippen molar-refractivity contribution in [2.45, 2.75) is 19.4 Å². The van der Waals surface area contributed by atoms with Gasteiger partial charge >= 0.3 is 0 Å². The number of ether oxygens (including phenoxy) is 1. The molecule has 80 valence electrons. The molecule has 0 N–H and O–H groups in total. The number of aromatic nitrogens is 1. The molecule has 1 aliphatic heterocycles. The molecule has 0 aromatic carbocycles. The Balaban J connectivity index is 2.25. The summed E-state index contributed by atoms with van der Waals surface area (Å²) < 4.78 is 9.74. The molecule has 4 heteroatoms. The lowest BCUT2D eigenvalue weighted by atomic mass is 10.0. The molecule has 1 aromatic heterocycles. The zero-order chi connectivity index (χ0) is 10.8. The number of rotatable bonds is 2. The summed E-state index contributed by atoms with van der Waals surface area (Å²) >= 11 is 1.54. The van der Waals surface area contributed by atoms with Gasteiger partial charge in [-0.05, 0) is 18.6 Å². The van der Waals surface area contributed by atoms with Crippen LogP contribution in [-0.2, 0) is 6.54 Å². The van der Waals surface area contributed by atoms with Crippen LogP contribution in [0.5, 0.6) is 5.88 Å². The lowest BCUT2D eigenvalue weighted by Gasteiger charge is -2.26. The van der Waals surface area contributed by atoms with E-state index in [1.807, 2.05) is 0 Å². The van der Waals surface area contributed by atoms with Gasteiger partial charge in [0.15, 0.2) is 6.61 Å². The molecule has 0 spiro atoms. The summed E-state index contributed by atoms with van der Waals surface area (Å²) in [5.41, 5.74) is 1.22. The highest BCUT2D eigenvalue weighted by Crippen LogP contribution is 2.36. The van der Waals surface area contributed by atoms with Crippen molar-refractivity contribution in [2.24, 2.45) is 0 Å². The van der Waals surface area contributed by atoms with E-state index in [2.05, 4.69) is 29.2 Å². The van der Waals surface area contributed by atoms with Crippen molar-refractivity contribution < 1.29 is 4.74 Å². The molecule has 1 aliphatic rings. The summed E-state index contributed by atoms with van der Waals surface area (Å²) in [6.45, 7) is 4.52. The van der Waals surface area contributed by atoms with Crippen molar-refractivity contribution in [3.63, 3.8) is 0 Å². The summed E-state index contributed by atoms with van der Waals surface area (Å²) in [6.07, 6.45) is 5.17. The Hall–Kier alpha value is -1.05. The summed E-state index contributed by atoms with van der Waals surface area (Å²) in [5.74, 6) is 3.73. The molecule has 0 saturated carbocycles. The van der Waals surface area contributed by atoms with Crippen LogP contribution < -0.4 is 4.74 Å². The highest BCUT2D eigenvalue weighted by Gasteiger charge is 2.26. The Morgan fingerprint density at radius 2 is 2.53 bits per heavy atom. The molecule has 1 aromatic rings. The molecular formula is C11H14N2OS. The fourth-order valence-corrected chi connectivity index (χ4v) is 2.81. The minimum absolute atomic E-state index is 0.300. The Kier molecular flexibility index (Phi) is 2.94. The van der Waals surface area contributed by atoms with E-state index in [-0.39, 0.29) is 0 Å². The smallest absolute Gasteiger partial charge is 0.230 e. The van der Waals surface area contributed by atoms with Crippen LogP contribution in [0, 0.1) is 12.3 Å². The molecule has 2 rings (SSSR count). The van der Waals surface area contributed by atoms with Crippen LogP contribution in [0.3, 0.4) is 0 Å². The van der Waals surface area contributed by atoms with Gasteiger partial charge in [-0.1, -0.05) is 12.8 Å². The Labute approximate surface area is 94.2 Å². The summed E-state index contributed by atoms with van der Waals surface area (Å²) in [5, 5.41) is 0. The zero-order valence-corrected chi connectivity index (χ0v) is 9.80. The van der Waals surface area contributed by atoms with Crippen molar-refractivity contribution in [1.82, 2.24) is 9.27 Å². The number of hydrogen-bond acceptors (Lipinski definition) is 4. The average Bonchev–Trinajstić information content (AvgIpc) is 2.58. The quantitative estimate of drug-likeness (QED) is 0.712. The molecule has 1 atom stereocenters. The molecule has 0 unspecified atom stereocenters. The SMILES string of the molecule is C#CCOc1nsc2c1CN(C)C[C@@H]2C. The van der Waals surface area contributed by atoms with Gasteiger partial charge in [0.1, 0.15) is 0 Å². The van der Waals surface area contributed by atoms with Gasteiger partial charge in [-0.3, -0.25) is 0 Å². The van der Waals surface area contributed by atoms with Gasteiger partial charge in [0.25, 0.3) is 0 Å². The van der Waals surface area contributed by atoms with Crippen molar-refractivity contribution in [1.29, 1.82) is 0 Å². The summed E-state index contributed by atoms with van der Waals surface area (Å²) in [4.78, 5) is 3.63. The van der Waals surface area contributed by atoms with Crippen LogP contribution in [0.1, 0.15) is 23.3 Å². The van der Waals surface area contributed by atoms with E-state index in [0.717, 1.165) is 19.0 Å². The van der Waals surface area contributed by atoms with Crippen LogP contribution in [0.25, 0.3) is 0 Å². The third-order valence-electron chi connectivity index (χ3n) is 2.54. The van der Waals surface area contributed by atoms with E-state index in [4.69, 9.17) is 11.2 Å². The number of fused-ring (bicyclic) bond motifs is 1. The van der Waals surface area contributed by atoms with Crippen molar-refractivity contribution in [3.05, 3.63) is 10.4 Å². The molecule has 0 aliphatic carbocycles. The molecule has 0 amide bonds. The highest BCUT2D eigenvalue weighted by atomic mass is 32.1. The Morgan fingerprint density at radius 3 is 3.27 bits per heavy atom. The van der Waals surface area contributed by atoms with Crippen LogP contribution in [-0.4, -0.2) is 29.5 Å². The molecule has 2 heterocycles. The summed E-state index contributed by atoms with van der Waals surface area (Å²) in [7, 11) is 2.11. The molecular weight excluding hydrogens is 208 g/mol. The molecule has 0 saturated heterocycles. The third kappa shape index (κ3) is 1.99. The van der Waals surface area contributed by atoms with E-state index >= 15 is 0 Å². The fraction of sp³-hybridized carbons (Fsp3) is 0.545. The van der Waals surface area contributed by atoms with Gasteiger partial charge < -0.3 is 9.64 Å². The number of likely N-dealkylation sites (N-methyl/N-ethyl adjacent to an activating group) is 1. The second kappa shape index (κ2) is 4.21. The van der Waals surface area contributed by atoms with Crippen molar-refractivity contribution >= 4 is 11.5 Å². The van der Waals surface area contributed by atoms with Crippen molar-refractivity contribution in [3.8, 4) is 18.2 Å². The maximum atomic E-state index is 5.43. The number of nitrogens with zero attached hydrogens (tertiary/aromatic N) is 2. The first-order valence-corrected chi connectivity index (χ1v) is 5.73. The van der Waals surface area contributed by atoms with Gasteiger partial charge in [0.05, 0.1) is 0 Å². The molecule has 0 bridgehead atoms. The van der Waals surface area contributed by atoms with Gasteiger partial charge in [-0.15, -0.1) is 6.42 Å². The lowest BCUT2D eigenvalue weighted by molar-refractivity contribution is 0.278. The number of hydrogen-bond donors (Lipinski definition) is 0. The van der Waals surface area contributed by atoms with Gasteiger partial charge in [0, 0.05) is 29.4 Å². The second-order valence-corrected chi connectivity index (χ2v) is 4.73. The first-order chi connectivity index (χ1) is 7.22. The van der Waals surface area contributed by atoms with Crippen LogP contribution in [0.2, 0.25) is 0 Å². The van der Waals surface area contributed by atoms with Crippen LogP contribution >= 0.6 is 11.5 Å². The molecule has 3 nitrogen and oxygen atoms in total. The fourth-order valence-electron chi connectivity index (χ4n) is 1.95. The Morgan fingerprint density at radius 1 is 1.73 bits per heavy atom. The van der Waals surface area contributed by atoms with E-state index in [1.54, 1.807) is 11.5 Å². The van der Waals surface area contributed by atoms with E-state index in [0.29, 0.717) is 12.5 Å². The van der Waals surface area contributed by atoms with Crippen molar-refractivity contribution in [2.75, 3.05) is 20.2 Å². The molecule has 0 fully saturated rings. The average molecular weight is 222 g/mol. The first-order valence-electron chi connectivity index (χ1n) is 4.95. The van der Waals surface area contributed by atoms with E-state index in [1.165, 1.54) is 10.4 Å². The third-order valence-corrected chi connectivity index (χ3v) is 3.64. The minimum atomic E-state index is 0.300. The molecule has 15 heavy (non-hydrogen) atoms. The topological polar surface area (TPSA) is 25.4 Å². The zero-order valence-electron chi connectivity index (χ0n) is 8.99. The van der Waals surface area contributed by atoms with Crippen LogP contribution in [0.15, 0.2) is 0 Å². The van der Waals surface area contributed by atoms with E-state index in [9.17, 15) is 0 Å². The summed E-state index contributed by atoms with van der Waals surface area (Å²) in [6, 6.07) is 0. The first kappa shape index (κ1) is 10.5. The molecule has 0 radical (unpaired) electrons. The van der Waals surface area contributed by atoms with E-state index < -0.39 is 0 Å². The van der Waals surface area contributed by atoms with Gasteiger partial charge in [0.2, 0.25) is 5.88 Å². The predicted molar refractivity (Wildman–Crippen MR) is 61.2 cm³/mol.